The molecule has 1 heterocycles. The quantitative estimate of drug-likeness (QED) is 0.338. The van der Waals surface area contributed by atoms with Crippen molar-refractivity contribution in [2.24, 2.45) is 0 Å². The lowest BCUT2D eigenvalue weighted by Gasteiger charge is -2.17. The number of aromatic nitrogens is 1. The van der Waals surface area contributed by atoms with Gasteiger partial charge < -0.3 is 4.74 Å². The fraction of sp³-hybridized carbons (Fsp3) is 0.214. The Hall–Kier alpha value is -3.46. The van der Waals surface area contributed by atoms with Crippen LogP contribution >= 0.6 is 0 Å². The summed E-state index contributed by atoms with van der Waals surface area (Å²) in [5.41, 5.74) is 6.38. The van der Waals surface area contributed by atoms with E-state index in [-0.39, 0.29) is 5.78 Å². The summed E-state index contributed by atoms with van der Waals surface area (Å²) in [7, 11) is 1.62. The third-order valence-corrected chi connectivity index (χ3v) is 5.90. The Morgan fingerprint density at radius 1 is 0.903 bits per heavy atom. The van der Waals surface area contributed by atoms with Crippen LogP contribution in [0.2, 0.25) is 0 Å². The van der Waals surface area contributed by atoms with Crippen LogP contribution < -0.4 is 4.74 Å². The largest absolute Gasteiger partial charge is 0.496 e. The minimum Gasteiger partial charge on any atom is -0.496 e. The summed E-state index contributed by atoms with van der Waals surface area (Å²) < 4.78 is 5.73. The molecule has 4 aromatic rings. The van der Waals surface area contributed by atoms with Gasteiger partial charge in [-0.15, -0.1) is 0 Å². The van der Waals surface area contributed by atoms with Crippen LogP contribution in [0.4, 0.5) is 0 Å². The smallest absolute Gasteiger partial charge is 0.199 e. The van der Waals surface area contributed by atoms with Gasteiger partial charge in [0.05, 0.1) is 24.1 Å². The number of pyridine rings is 1. The van der Waals surface area contributed by atoms with E-state index in [0.717, 1.165) is 34.9 Å². The van der Waals surface area contributed by atoms with Gasteiger partial charge in [-0.25, -0.2) is 0 Å². The van der Waals surface area contributed by atoms with Crippen LogP contribution in [0.15, 0.2) is 66.7 Å². The average molecular weight is 410 g/mol. The van der Waals surface area contributed by atoms with Crippen molar-refractivity contribution in [3.05, 3.63) is 94.7 Å². The monoisotopic (exact) mass is 409 g/mol. The zero-order valence-electron chi connectivity index (χ0n) is 18.5. The first-order valence-corrected chi connectivity index (χ1v) is 10.8. The highest BCUT2D eigenvalue weighted by Gasteiger charge is 2.22. The topological polar surface area (TPSA) is 39.2 Å². The highest BCUT2D eigenvalue weighted by Crippen LogP contribution is 2.34. The summed E-state index contributed by atoms with van der Waals surface area (Å²) in [5, 5.41) is 1.98. The molecule has 0 aliphatic rings. The fourth-order valence-corrected chi connectivity index (χ4v) is 4.34. The van der Waals surface area contributed by atoms with E-state index in [4.69, 9.17) is 9.72 Å². The third-order valence-electron chi connectivity index (χ3n) is 5.90. The van der Waals surface area contributed by atoms with Crippen LogP contribution in [-0.2, 0) is 12.8 Å². The van der Waals surface area contributed by atoms with Gasteiger partial charge in [-0.2, -0.15) is 0 Å². The average Bonchev–Trinajstić information content (AvgIpc) is 2.82. The molecule has 0 saturated heterocycles. The van der Waals surface area contributed by atoms with Gasteiger partial charge in [0.2, 0.25) is 0 Å². The zero-order chi connectivity index (χ0) is 22.0. The van der Waals surface area contributed by atoms with E-state index in [9.17, 15) is 4.79 Å². The first-order valence-electron chi connectivity index (χ1n) is 10.8. The number of ketones is 1. The maximum Gasteiger partial charge on any atom is 0.199 e. The fourth-order valence-electron chi connectivity index (χ4n) is 4.34. The Morgan fingerprint density at radius 2 is 1.55 bits per heavy atom. The highest BCUT2D eigenvalue weighted by molar-refractivity contribution is 6.18. The molecule has 0 fully saturated rings. The van der Waals surface area contributed by atoms with Crippen molar-refractivity contribution in [3.8, 4) is 17.0 Å². The van der Waals surface area contributed by atoms with E-state index < -0.39 is 0 Å². The van der Waals surface area contributed by atoms with Crippen molar-refractivity contribution >= 4 is 16.6 Å². The molecular formula is C28H27NO2. The predicted molar refractivity (Wildman–Crippen MR) is 127 cm³/mol. The van der Waals surface area contributed by atoms with Gasteiger partial charge in [0, 0.05) is 17.2 Å². The molecular weight excluding hydrogens is 382 g/mol. The second kappa shape index (κ2) is 8.73. The molecule has 156 valence electrons. The number of aryl methyl sites for hydroxylation is 3. The minimum absolute atomic E-state index is 0.0651. The first-order chi connectivity index (χ1) is 15.1. The maximum absolute atomic E-state index is 13.6. The molecule has 31 heavy (non-hydrogen) atoms. The van der Waals surface area contributed by atoms with E-state index in [1.165, 1.54) is 11.1 Å². The standard InChI is InChI=1S/C28H27NO2/c1-5-19-12-9-13-20(6-2)27(19)24-17-25(31-4)26(18(3)29-24)28(30)23-16-10-14-21-11-7-8-15-22(21)23/h7-17H,5-6H2,1-4H3. The molecule has 0 amide bonds. The van der Waals surface area contributed by atoms with Crippen molar-refractivity contribution in [1.29, 1.82) is 0 Å². The lowest BCUT2D eigenvalue weighted by atomic mass is 9.92. The number of nitrogens with zero attached hydrogens (tertiary/aromatic N) is 1. The Kier molecular flexibility index (Phi) is 5.85. The molecule has 3 heteroatoms. The molecule has 0 aliphatic heterocycles. The van der Waals surface area contributed by atoms with Crippen LogP contribution in [-0.4, -0.2) is 17.9 Å². The summed E-state index contributed by atoms with van der Waals surface area (Å²) >= 11 is 0. The number of hydrogen-bond donors (Lipinski definition) is 0. The predicted octanol–water partition coefficient (Wildman–Crippen LogP) is 6.57. The number of methoxy groups -OCH3 is 1. The first kappa shape index (κ1) is 20.8. The van der Waals surface area contributed by atoms with Gasteiger partial charge in [-0.05, 0) is 41.7 Å². The maximum atomic E-state index is 13.6. The Balaban J connectivity index is 1.90. The summed E-state index contributed by atoms with van der Waals surface area (Å²) in [5.74, 6) is 0.498. The van der Waals surface area contributed by atoms with E-state index in [1.54, 1.807) is 7.11 Å². The van der Waals surface area contributed by atoms with Crippen molar-refractivity contribution < 1.29 is 9.53 Å². The molecule has 1 aromatic heterocycles. The number of fused-ring (bicyclic) bond motifs is 1. The molecule has 0 saturated carbocycles. The zero-order valence-corrected chi connectivity index (χ0v) is 18.5. The summed E-state index contributed by atoms with van der Waals surface area (Å²) in [6, 6.07) is 22.1. The van der Waals surface area contributed by atoms with Gasteiger partial charge in [0.25, 0.3) is 0 Å². The molecule has 0 radical (unpaired) electrons. The van der Waals surface area contributed by atoms with Crippen molar-refractivity contribution in [2.75, 3.05) is 7.11 Å². The van der Waals surface area contributed by atoms with Gasteiger partial charge >= 0.3 is 0 Å². The number of carbonyl (C=O) groups is 1. The van der Waals surface area contributed by atoms with Crippen LogP contribution in [0.5, 0.6) is 5.75 Å². The highest BCUT2D eigenvalue weighted by atomic mass is 16.5. The summed E-state index contributed by atoms with van der Waals surface area (Å²) in [4.78, 5) is 18.5. The van der Waals surface area contributed by atoms with Crippen LogP contribution in [0.25, 0.3) is 22.0 Å². The van der Waals surface area contributed by atoms with Crippen molar-refractivity contribution in [3.63, 3.8) is 0 Å². The molecule has 3 nitrogen and oxygen atoms in total. The minimum atomic E-state index is -0.0651. The Labute approximate surface area is 183 Å². The molecule has 0 spiro atoms. The van der Waals surface area contributed by atoms with E-state index in [1.807, 2.05) is 55.5 Å². The number of ether oxygens (including phenoxy) is 1. The lowest BCUT2D eigenvalue weighted by Crippen LogP contribution is -2.10. The Morgan fingerprint density at radius 3 is 2.23 bits per heavy atom. The SMILES string of the molecule is CCc1cccc(CC)c1-c1cc(OC)c(C(=O)c2cccc3ccccc23)c(C)n1. The van der Waals surface area contributed by atoms with Gasteiger partial charge in [0.15, 0.2) is 5.78 Å². The lowest BCUT2D eigenvalue weighted by molar-refractivity contribution is 0.103. The van der Waals surface area contributed by atoms with E-state index in [2.05, 4.69) is 32.0 Å². The summed E-state index contributed by atoms with van der Waals surface area (Å²) in [6.07, 6.45) is 1.84. The second-order valence-electron chi connectivity index (χ2n) is 7.68. The number of benzene rings is 3. The van der Waals surface area contributed by atoms with Crippen molar-refractivity contribution in [1.82, 2.24) is 4.98 Å². The number of carbonyl (C=O) groups excluding carboxylic acids is 1. The third kappa shape index (κ3) is 3.72. The van der Waals surface area contributed by atoms with E-state index in [0.29, 0.717) is 22.6 Å². The number of rotatable bonds is 6. The van der Waals surface area contributed by atoms with Gasteiger partial charge in [0.1, 0.15) is 5.75 Å². The molecule has 0 aliphatic carbocycles. The van der Waals surface area contributed by atoms with Crippen LogP contribution in [0, 0.1) is 6.92 Å². The molecule has 0 atom stereocenters. The van der Waals surface area contributed by atoms with Gasteiger partial charge in [-0.3, -0.25) is 9.78 Å². The van der Waals surface area contributed by atoms with Crippen molar-refractivity contribution in [2.45, 2.75) is 33.6 Å². The molecule has 3 aromatic carbocycles. The number of hydrogen-bond acceptors (Lipinski definition) is 3. The van der Waals surface area contributed by atoms with E-state index >= 15 is 0 Å². The molecule has 0 bridgehead atoms. The van der Waals surface area contributed by atoms with Gasteiger partial charge in [-0.1, -0.05) is 74.5 Å². The molecule has 0 N–H and O–H groups in total. The molecule has 0 unspecified atom stereocenters. The summed E-state index contributed by atoms with van der Waals surface area (Å²) in [6.45, 7) is 6.20. The normalized spacial score (nSPS) is 11.0. The van der Waals surface area contributed by atoms with Crippen LogP contribution in [0.3, 0.4) is 0 Å². The van der Waals surface area contributed by atoms with Crippen LogP contribution in [0.1, 0.15) is 46.6 Å². The molecule has 4 rings (SSSR count). The second-order valence-corrected chi connectivity index (χ2v) is 7.68. The Bertz CT molecular complexity index is 1250.